The van der Waals surface area contributed by atoms with E-state index in [9.17, 15) is 19.5 Å². The van der Waals surface area contributed by atoms with Gasteiger partial charge in [0.1, 0.15) is 12.6 Å². The van der Waals surface area contributed by atoms with Crippen molar-refractivity contribution in [1.29, 1.82) is 0 Å². The molecular weight excluding hydrogens is 416 g/mol. The predicted octanol–water partition coefficient (Wildman–Crippen LogP) is 2.11. The van der Waals surface area contributed by atoms with E-state index >= 15 is 0 Å². The first-order chi connectivity index (χ1) is 15.5. The van der Waals surface area contributed by atoms with E-state index in [1.165, 1.54) is 9.96 Å². The molecule has 172 valence electrons. The first-order valence-corrected chi connectivity index (χ1v) is 11.2. The number of urea groups is 1. The lowest BCUT2D eigenvalue weighted by molar-refractivity contribution is -0.147. The van der Waals surface area contributed by atoms with Crippen LogP contribution in [0.4, 0.5) is 9.59 Å². The van der Waals surface area contributed by atoms with Crippen LogP contribution in [0.5, 0.6) is 0 Å². The minimum atomic E-state index is -0.886. The molecule has 5 rings (SSSR count). The highest BCUT2D eigenvalue weighted by Gasteiger charge is 2.48. The Morgan fingerprint density at radius 3 is 2.41 bits per heavy atom. The number of hydrogen-bond acceptors (Lipinski definition) is 5. The number of benzene rings is 1. The van der Waals surface area contributed by atoms with Crippen molar-refractivity contribution in [2.75, 3.05) is 6.54 Å². The number of piperidine rings is 2. The molecule has 0 spiro atoms. The minimum Gasteiger partial charge on any atom is -0.465 e. The van der Waals surface area contributed by atoms with E-state index < -0.39 is 12.1 Å². The maximum Gasteiger partial charge on any atom is 0.407 e. The van der Waals surface area contributed by atoms with Gasteiger partial charge in [0.2, 0.25) is 0 Å². The largest absolute Gasteiger partial charge is 0.465 e. The number of hydroxylamine groups is 3. The van der Waals surface area contributed by atoms with Gasteiger partial charge in [0.25, 0.3) is 5.91 Å². The van der Waals surface area contributed by atoms with Gasteiger partial charge in [-0.25, -0.2) is 15.1 Å². The number of amides is 4. The van der Waals surface area contributed by atoms with Crippen LogP contribution in [0.15, 0.2) is 30.3 Å². The van der Waals surface area contributed by atoms with E-state index in [1.807, 2.05) is 30.3 Å². The standard InChI is InChI=1S/C22H28N4O6/c27-20(23-32-18-10-15-6-7-16(11-18)25(15)22(29)30)19-9-8-17-12-24(19)21(28)26(17)31-13-14-4-2-1-3-5-14/h1-5,15-19H,6-13H2,(H,23,27)(H,29,30)/t15?,16?,17-,18?,19+/m1/s1. The lowest BCUT2D eigenvalue weighted by Gasteiger charge is -2.37. The Balaban J connectivity index is 1.13. The normalized spacial score (nSPS) is 31.2. The zero-order valence-corrected chi connectivity index (χ0v) is 17.8. The highest BCUT2D eigenvalue weighted by molar-refractivity contribution is 5.88. The molecule has 1 aromatic carbocycles. The highest BCUT2D eigenvalue weighted by atomic mass is 16.7. The summed E-state index contributed by atoms with van der Waals surface area (Å²) in [5.41, 5.74) is 3.53. The first kappa shape index (κ1) is 21.0. The number of fused-ring (bicyclic) bond motifs is 4. The summed E-state index contributed by atoms with van der Waals surface area (Å²) in [4.78, 5) is 51.6. The summed E-state index contributed by atoms with van der Waals surface area (Å²) in [7, 11) is 0. The van der Waals surface area contributed by atoms with Crippen LogP contribution in [0.25, 0.3) is 0 Å². The van der Waals surface area contributed by atoms with Gasteiger partial charge in [-0.05, 0) is 44.1 Å². The zero-order valence-electron chi connectivity index (χ0n) is 17.8. The number of rotatable bonds is 6. The van der Waals surface area contributed by atoms with E-state index in [0.717, 1.165) is 18.4 Å². The van der Waals surface area contributed by atoms with Crippen molar-refractivity contribution < 1.29 is 29.2 Å². The number of carboxylic acid groups (broad SMARTS) is 1. The Hall–Kier alpha value is -2.85. The van der Waals surface area contributed by atoms with Crippen LogP contribution in [0, 0.1) is 0 Å². The predicted molar refractivity (Wildman–Crippen MR) is 111 cm³/mol. The molecule has 4 heterocycles. The van der Waals surface area contributed by atoms with Crippen LogP contribution in [-0.2, 0) is 21.1 Å². The van der Waals surface area contributed by atoms with Crippen LogP contribution in [0.2, 0.25) is 0 Å². The van der Waals surface area contributed by atoms with Crippen molar-refractivity contribution >= 4 is 18.0 Å². The Labute approximate surface area is 185 Å². The van der Waals surface area contributed by atoms with E-state index in [1.54, 1.807) is 4.90 Å². The fourth-order valence-corrected chi connectivity index (χ4v) is 5.53. The van der Waals surface area contributed by atoms with Gasteiger partial charge < -0.3 is 14.9 Å². The fraction of sp³-hybridized carbons (Fsp3) is 0.591. The average molecular weight is 444 g/mol. The summed E-state index contributed by atoms with van der Waals surface area (Å²) in [6.45, 7) is 0.751. The van der Waals surface area contributed by atoms with Gasteiger partial charge in [0, 0.05) is 18.6 Å². The summed E-state index contributed by atoms with van der Waals surface area (Å²) >= 11 is 0. The molecule has 4 saturated heterocycles. The van der Waals surface area contributed by atoms with Gasteiger partial charge in [-0.15, -0.1) is 0 Å². The van der Waals surface area contributed by atoms with Crippen molar-refractivity contribution in [2.24, 2.45) is 0 Å². The topological polar surface area (TPSA) is 112 Å². The van der Waals surface area contributed by atoms with E-state index in [0.29, 0.717) is 38.8 Å². The molecule has 1 aromatic rings. The molecule has 4 atom stereocenters. The summed E-state index contributed by atoms with van der Waals surface area (Å²) in [5.74, 6) is -0.338. The number of carbonyl (C=O) groups excluding carboxylic acids is 2. The lowest BCUT2D eigenvalue weighted by Crippen LogP contribution is -2.52. The first-order valence-electron chi connectivity index (χ1n) is 11.2. The van der Waals surface area contributed by atoms with E-state index in [2.05, 4.69) is 5.48 Å². The third kappa shape index (κ3) is 3.88. The molecule has 4 amide bonds. The van der Waals surface area contributed by atoms with Gasteiger partial charge in [-0.1, -0.05) is 30.3 Å². The number of nitrogens with zero attached hydrogens (tertiary/aromatic N) is 3. The number of nitrogens with one attached hydrogen (secondary N) is 1. The highest BCUT2D eigenvalue weighted by Crippen LogP contribution is 2.37. The second-order valence-corrected chi connectivity index (χ2v) is 9.02. The summed E-state index contributed by atoms with van der Waals surface area (Å²) in [5, 5.41) is 10.8. The monoisotopic (exact) mass is 444 g/mol. The molecule has 0 aliphatic carbocycles. The Bertz CT molecular complexity index is 868. The second-order valence-electron chi connectivity index (χ2n) is 9.02. The van der Waals surface area contributed by atoms with Gasteiger partial charge >= 0.3 is 12.1 Å². The molecule has 10 heteroatoms. The fourth-order valence-electron chi connectivity index (χ4n) is 5.53. The molecule has 4 fully saturated rings. The number of hydrogen-bond donors (Lipinski definition) is 2. The maximum atomic E-state index is 12.9. The Morgan fingerprint density at radius 2 is 1.72 bits per heavy atom. The van der Waals surface area contributed by atoms with Gasteiger partial charge in [-0.3, -0.25) is 14.5 Å². The summed E-state index contributed by atoms with van der Waals surface area (Å²) in [6.07, 6.45) is 2.91. The molecule has 0 saturated carbocycles. The molecule has 4 aliphatic rings. The van der Waals surface area contributed by atoms with Crippen molar-refractivity contribution in [3.8, 4) is 0 Å². The maximum absolute atomic E-state index is 12.9. The van der Waals surface area contributed by atoms with Crippen LogP contribution >= 0.6 is 0 Å². The van der Waals surface area contributed by atoms with Crippen LogP contribution in [0.3, 0.4) is 0 Å². The molecule has 0 aromatic heterocycles. The molecule has 32 heavy (non-hydrogen) atoms. The Morgan fingerprint density at radius 1 is 1.03 bits per heavy atom. The quantitative estimate of drug-likeness (QED) is 0.650. The third-order valence-corrected chi connectivity index (χ3v) is 7.08. The Kier molecular flexibility index (Phi) is 5.64. The van der Waals surface area contributed by atoms with Crippen LogP contribution in [-0.4, -0.2) is 74.8 Å². The zero-order chi connectivity index (χ0) is 22.2. The molecular formula is C22H28N4O6. The van der Waals surface area contributed by atoms with E-state index in [4.69, 9.17) is 9.68 Å². The van der Waals surface area contributed by atoms with Gasteiger partial charge in [0.15, 0.2) is 0 Å². The molecule has 2 unspecified atom stereocenters. The second kappa shape index (κ2) is 8.59. The smallest absolute Gasteiger partial charge is 0.407 e. The van der Waals surface area contributed by atoms with Gasteiger partial charge in [0.05, 0.1) is 12.1 Å². The van der Waals surface area contributed by atoms with Crippen molar-refractivity contribution in [2.45, 2.75) is 75.4 Å². The molecule has 4 bridgehead atoms. The van der Waals surface area contributed by atoms with Gasteiger partial charge in [-0.2, -0.15) is 5.06 Å². The van der Waals surface area contributed by atoms with E-state index in [-0.39, 0.29) is 36.2 Å². The van der Waals surface area contributed by atoms with Crippen molar-refractivity contribution in [3.05, 3.63) is 35.9 Å². The lowest BCUT2D eigenvalue weighted by atomic mass is 10.00. The summed E-state index contributed by atoms with van der Waals surface area (Å²) < 4.78 is 0. The summed E-state index contributed by atoms with van der Waals surface area (Å²) in [6, 6.07) is 8.57. The SMILES string of the molecule is O=C(NOC1CC2CCC(C1)N2C(=O)O)[C@@H]1CC[C@@H]2CN1C(=O)N2OCc1ccccc1. The molecule has 4 aliphatic heterocycles. The minimum absolute atomic E-state index is 0.0564. The molecule has 2 N–H and O–H groups in total. The van der Waals surface area contributed by atoms with Crippen molar-refractivity contribution in [1.82, 2.24) is 20.3 Å². The number of carbonyl (C=O) groups is 3. The van der Waals surface area contributed by atoms with Crippen LogP contribution in [0.1, 0.15) is 44.1 Å². The average Bonchev–Trinajstić information content (AvgIpc) is 3.21. The van der Waals surface area contributed by atoms with Crippen molar-refractivity contribution in [3.63, 3.8) is 0 Å². The van der Waals surface area contributed by atoms with Crippen LogP contribution < -0.4 is 5.48 Å². The molecule has 0 radical (unpaired) electrons. The third-order valence-electron chi connectivity index (χ3n) is 7.08. The molecule has 10 nitrogen and oxygen atoms in total.